The molecule has 1 aromatic carbocycles. The molecule has 116 valence electrons. The highest BCUT2D eigenvalue weighted by Crippen LogP contribution is 2.28. The fraction of sp³-hybridized carbons (Fsp3) is 0.500. The van der Waals surface area contributed by atoms with Gasteiger partial charge in [0.25, 0.3) is 0 Å². The van der Waals surface area contributed by atoms with Crippen molar-refractivity contribution in [2.24, 2.45) is 0 Å². The third-order valence-corrected chi connectivity index (χ3v) is 5.62. The van der Waals surface area contributed by atoms with Gasteiger partial charge >= 0.3 is 5.97 Å². The van der Waals surface area contributed by atoms with Crippen LogP contribution in [0.15, 0.2) is 18.2 Å². The van der Waals surface area contributed by atoms with E-state index in [1.165, 1.54) is 18.4 Å². The number of sulfone groups is 1. The summed E-state index contributed by atoms with van der Waals surface area (Å²) >= 11 is 5.97. The molecule has 1 aromatic rings. The van der Waals surface area contributed by atoms with Gasteiger partial charge in [-0.3, -0.25) is 0 Å². The molecule has 5 nitrogen and oxygen atoms in total. The second-order valence-corrected chi connectivity index (χ2v) is 8.12. The van der Waals surface area contributed by atoms with Crippen molar-refractivity contribution in [1.29, 1.82) is 0 Å². The van der Waals surface area contributed by atoms with Crippen LogP contribution in [0.3, 0.4) is 0 Å². The van der Waals surface area contributed by atoms with Crippen molar-refractivity contribution < 1.29 is 17.9 Å². The molecule has 2 rings (SSSR count). The van der Waals surface area contributed by atoms with Crippen LogP contribution >= 0.6 is 11.6 Å². The summed E-state index contributed by atoms with van der Waals surface area (Å²) in [4.78, 5) is 12.1. The first-order valence-corrected chi connectivity index (χ1v) is 9.05. The lowest BCUT2D eigenvalue weighted by molar-refractivity contribution is 0.0215. The third kappa shape index (κ3) is 4.11. The van der Waals surface area contributed by atoms with Crippen LogP contribution in [0, 0.1) is 0 Å². The maximum atomic E-state index is 12.1. The van der Waals surface area contributed by atoms with Crippen LogP contribution in [0.4, 0.5) is 5.69 Å². The molecule has 1 aliphatic carbocycles. The minimum Gasteiger partial charge on any atom is -0.459 e. The molecule has 0 amide bonds. The van der Waals surface area contributed by atoms with Gasteiger partial charge in [-0.25, -0.2) is 13.2 Å². The lowest BCUT2D eigenvalue weighted by Gasteiger charge is -2.27. The van der Waals surface area contributed by atoms with Crippen molar-refractivity contribution in [2.45, 2.75) is 37.0 Å². The molecule has 2 N–H and O–H groups in total. The lowest BCUT2D eigenvalue weighted by Crippen LogP contribution is -2.32. The van der Waals surface area contributed by atoms with Gasteiger partial charge in [-0.1, -0.05) is 11.6 Å². The monoisotopic (exact) mass is 331 g/mol. The van der Waals surface area contributed by atoms with Gasteiger partial charge in [0, 0.05) is 18.4 Å². The standard InChI is InChI=1S/C14H18ClNO4S/c1-21(18,19)11-4-2-3-10(8-11)20-14(17)12-6-5-9(16)7-13(12)15/h5-7,10-11H,2-4,8,16H2,1H3. The van der Waals surface area contributed by atoms with E-state index in [1.807, 2.05) is 0 Å². The fourth-order valence-electron chi connectivity index (χ4n) is 2.51. The van der Waals surface area contributed by atoms with E-state index in [4.69, 9.17) is 22.1 Å². The van der Waals surface area contributed by atoms with Crippen LogP contribution in [0.1, 0.15) is 36.0 Å². The predicted octanol–water partition coefficient (Wildman–Crippen LogP) is 2.43. The summed E-state index contributed by atoms with van der Waals surface area (Å²) in [5.41, 5.74) is 6.28. The first kappa shape index (κ1) is 16.1. The highest BCUT2D eigenvalue weighted by molar-refractivity contribution is 7.91. The molecule has 0 spiro atoms. The molecule has 7 heteroatoms. The van der Waals surface area contributed by atoms with Crippen LogP contribution in [0.5, 0.6) is 0 Å². The van der Waals surface area contributed by atoms with Crippen LogP contribution in [0.25, 0.3) is 0 Å². The number of carbonyl (C=O) groups excluding carboxylic acids is 1. The molecule has 2 atom stereocenters. The Bertz CT molecular complexity index is 644. The second-order valence-electron chi connectivity index (χ2n) is 5.38. The van der Waals surface area contributed by atoms with Crippen molar-refractivity contribution in [3.05, 3.63) is 28.8 Å². The number of nitrogens with two attached hydrogens (primary N) is 1. The van der Waals surface area contributed by atoms with Crippen molar-refractivity contribution in [1.82, 2.24) is 0 Å². The quantitative estimate of drug-likeness (QED) is 0.679. The van der Waals surface area contributed by atoms with E-state index in [-0.39, 0.29) is 16.7 Å². The summed E-state index contributed by atoms with van der Waals surface area (Å²) in [7, 11) is -3.11. The highest BCUT2D eigenvalue weighted by atomic mass is 35.5. The lowest BCUT2D eigenvalue weighted by atomic mass is 9.97. The first-order chi connectivity index (χ1) is 9.77. The molecule has 1 aliphatic rings. The van der Waals surface area contributed by atoms with Gasteiger partial charge in [0.1, 0.15) is 15.9 Å². The Balaban J connectivity index is 2.05. The molecule has 1 fully saturated rings. The van der Waals surface area contributed by atoms with Crippen molar-refractivity contribution in [2.75, 3.05) is 12.0 Å². The highest BCUT2D eigenvalue weighted by Gasteiger charge is 2.31. The summed E-state index contributed by atoms with van der Waals surface area (Å²) in [5.74, 6) is -0.542. The van der Waals surface area contributed by atoms with Crippen LogP contribution in [-0.2, 0) is 14.6 Å². The van der Waals surface area contributed by atoms with Gasteiger partial charge in [0.15, 0.2) is 0 Å². The number of hydrogen-bond acceptors (Lipinski definition) is 5. The number of anilines is 1. The van der Waals surface area contributed by atoms with Gasteiger partial charge < -0.3 is 10.5 Å². The average Bonchev–Trinajstić information content (AvgIpc) is 2.37. The molecule has 0 saturated heterocycles. The zero-order valence-corrected chi connectivity index (χ0v) is 13.3. The molecule has 21 heavy (non-hydrogen) atoms. The number of ether oxygens (including phenoxy) is 1. The Morgan fingerprint density at radius 2 is 2.10 bits per heavy atom. The molecule has 0 aliphatic heterocycles. The first-order valence-electron chi connectivity index (χ1n) is 6.72. The topological polar surface area (TPSA) is 86.5 Å². The Hall–Kier alpha value is -1.27. The van der Waals surface area contributed by atoms with Crippen LogP contribution in [-0.4, -0.2) is 32.0 Å². The zero-order chi connectivity index (χ0) is 15.6. The smallest absolute Gasteiger partial charge is 0.339 e. The predicted molar refractivity (Wildman–Crippen MR) is 82.2 cm³/mol. The maximum Gasteiger partial charge on any atom is 0.339 e. The van der Waals surface area contributed by atoms with Gasteiger partial charge in [-0.2, -0.15) is 0 Å². The number of carbonyl (C=O) groups is 1. The van der Waals surface area contributed by atoms with Crippen LogP contribution < -0.4 is 5.73 Å². The summed E-state index contributed by atoms with van der Waals surface area (Å²) in [6, 6.07) is 4.57. The maximum absolute atomic E-state index is 12.1. The fourth-order valence-corrected chi connectivity index (χ4v) is 3.93. The Kier molecular flexibility index (Phi) is 4.78. The number of halogens is 1. The van der Waals surface area contributed by atoms with Crippen molar-refractivity contribution in [3.8, 4) is 0 Å². The molecule has 1 saturated carbocycles. The molecular formula is C14H18ClNO4S. The third-order valence-electron chi connectivity index (χ3n) is 3.67. The second kappa shape index (κ2) is 6.23. The molecule has 0 radical (unpaired) electrons. The van der Waals surface area contributed by atoms with E-state index < -0.39 is 21.1 Å². The normalized spacial score (nSPS) is 22.8. The van der Waals surface area contributed by atoms with Gasteiger partial charge in [-0.05, 0) is 37.5 Å². The zero-order valence-electron chi connectivity index (χ0n) is 11.7. The van der Waals surface area contributed by atoms with E-state index in [2.05, 4.69) is 0 Å². The number of hydrogen-bond donors (Lipinski definition) is 1. The van der Waals surface area contributed by atoms with E-state index in [0.29, 0.717) is 24.9 Å². The average molecular weight is 332 g/mol. The number of benzene rings is 1. The van der Waals surface area contributed by atoms with E-state index >= 15 is 0 Å². The number of esters is 1. The summed E-state index contributed by atoms with van der Waals surface area (Å²) in [5, 5.41) is -0.207. The Morgan fingerprint density at radius 3 is 2.71 bits per heavy atom. The number of nitrogen functional groups attached to an aromatic ring is 1. The molecule has 0 aromatic heterocycles. The van der Waals surface area contributed by atoms with Gasteiger partial charge in [0.2, 0.25) is 0 Å². The van der Waals surface area contributed by atoms with Crippen molar-refractivity contribution in [3.63, 3.8) is 0 Å². The summed E-state index contributed by atoms with van der Waals surface area (Å²) < 4.78 is 28.6. The Morgan fingerprint density at radius 1 is 1.38 bits per heavy atom. The largest absolute Gasteiger partial charge is 0.459 e. The van der Waals surface area contributed by atoms with E-state index in [1.54, 1.807) is 6.07 Å². The summed E-state index contributed by atoms with van der Waals surface area (Å²) in [6.45, 7) is 0. The minimum atomic E-state index is -3.11. The van der Waals surface area contributed by atoms with Crippen LogP contribution in [0.2, 0.25) is 5.02 Å². The Labute approximate surface area is 129 Å². The SMILES string of the molecule is CS(=O)(=O)C1CCCC(OC(=O)c2ccc(N)cc2Cl)C1. The van der Waals surface area contributed by atoms with E-state index in [9.17, 15) is 13.2 Å². The number of rotatable bonds is 3. The molecular weight excluding hydrogens is 314 g/mol. The van der Waals surface area contributed by atoms with Gasteiger partial charge in [0.05, 0.1) is 15.8 Å². The van der Waals surface area contributed by atoms with Crippen molar-refractivity contribution >= 4 is 33.1 Å². The van der Waals surface area contributed by atoms with Gasteiger partial charge in [-0.15, -0.1) is 0 Å². The minimum absolute atomic E-state index is 0.232. The molecule has 0 bridgehead atoms. The van der Waals surface area contributed by atoms with E-state index in [0.717, 1.165) is 6.42 Å². The summed E-state index contributed by atoms with van der Waals surface area (Å²) in [6.07, 6.45) is 3.19. The molecule has 0 heterocycles. The molecule has 2 unspecified atom stereocenters.